The van der Waals surface area contributed by atoms with Gasteiger partial charge in [-0.05, 0) is 12.1 Å². The highest BCUT2D eigenvalue weighted by Gasteiger charge is 2.17. The van der Waals surface area contributed by atoms with Crippen LogP contribution in [-0.4, -0.2) is 22.0 Å². The molecule has 0 aliphatic heterocycles. The Kier molecular flexibility index (Phi) is 4.04. The molecule has 0 aliphatic carbocycles. The molecule has 3 N–H and O–H groups in total. The lowest BCUT2D eigenvalue weighted by Gasteiger charge is -2.09. The van der Waals surface area contributed by atoms with Gasteiger partial charge in [0, 0.05) is 6.07 Å². The van der Waals surface area contributed by atoms with Crippen molar-refractivity contribution in [2.75, 3.05) is 0 Å². The summed E-state index contributed by atoms with van der Waals surface area (Å²) < 4.78 is 18.8. The highest BCUT2D eigenvalue weighted by atomic mass is 35.5. The van der Waals surface area contributed by atoms with Crippen molar-refractivity contribution in [2.24, 2.45) is 5.73 Å². The Morgan fingerprint density at radius 3 is 2.71 bits per heavy atom. The highest BCUT2D eigenvalue weighted by Crippen LogP contribution is 2.27. The number of nitrogens with zero attached hydrogens (tertiary/aromatic N) is 1. The molecule has 2 rings (SSSR count). The molecule has 0 saturated carbocycles. The van der Waals surface area contributed by atoms with Crippen molar-refractivity contribution in [3.8, 4) is 11.6 Å². The van der Waals surface area contributed by atoms with E-state index >= 15 is 0 Å². The number of ether oxygens (including phenoxy) is 1. The lowest BCUT2D eigenvalue weighted by molar-refractivity contribution is 0.0696. The number of halogens is 2. The van der Waals surface area contributed by atoms with E-state index in [0.717, 1.165) is 18.3 Å². The number of aromatic nitrogens is 1. The largest absolute Gasteiger partial charge is 0.478 e. The summed E-state index contributed by atoms with van der Waals surface area (Å²) in [6, 6.07) is 4.72. The van der Waals surface area contributed by atoms with Crippen molar-refractivity contribution < 1.29 is 23.8 Å². The summed E-state index contributed by atoms with van der Waals surface area (Å²) in [6.45, 7) is 0. The van der Waals surface area contributed by atoms with Crippen molar-refractivity contribution >= 4 is 23.5 Å². The van der Waals surface area contributed by atoms with E-state index in [0.29, 0.717) is 0 Å². The van der Waals surface area contributed by atoms with Crippen LogP contribution >= 0.6 is 11.6 Å². The molecule has 6 nitrogen and oxygen atoms in total. The Bertz CT molecular complexity index is 736. The van der Waals surface area contributed by atoms with E-state index in [2.05, 4.69) is 4.98 Å². The van der Waals surface area contributed by atoms with Crippen LogP contribution in [0.15, 0.2) is 30.5 Å². The molecule has 21 heavy (non-hydrogen) atoms. The number of carboxylic acid groups (broad SMARTS) is 1. The molecule has 1 aromatic carbocycles. The minimum atomic E-state index is -1.28. The fourth-order valence-corrected chi connectivity index (χ4v) is 1.76. The first-order chi connectivity index (χ1) is 9.90. The number of hydrogen-bond acceptors (Lipinski definition) is 4. The Labute approximate surface area is 122 Å². The molecule has 0 fully saturated rings. The Morgan fingerprint density at radius 2 is 2.10 bits per heavy atom. The second-order valence-corrected chi connectivity index (χ2v) is 4.29. The van der Waals surface area contributed by atoms with Gasteiger partial charge in [0.25, 0.3) is 5.91 Å². The molecular weight excluding hydrogens is 303 g/mol. The second-order valence-electron chi connectivity index (χ2n) is 3.89. The molecule has 0 bridgehead atoms. The van der Waals surface area contributed by atoms with E-state index in [1.807, 2.05) is 0 Å². The summed E-state index contributed by atoms with van der Waals surface area (Å²) in [6.07, 6.45) is 1.07. The molecule has 2 aromatic rings. The van der Waals surface area contributed by atoms with Gasteiger partial charge in [-0.2, -0.15) is 0 Å². The van der Waals surface area contributed by atoms with E-state index in [1.54, 1.807) is 0 Å². The minimum Gasteiger partial charge on any atom is -0.478 e. The lowest BCUT2D eigenvalue weighted by Crippen LogP contribution is -2.14. The van der Waals surface area contributed by atoms with Crippen LogP contribution in [0.3, 0.4) is 0 Å². The molecule has 1 heterocycles. The molecule has 1 amide bonds. The maximum Gasteiger partial charge on any atom is 0.337 e. The van der Waals surface area contributed by atoms with E-state index in [1.165, 1.54) is 12.1 Å². The van der Waals surface area contributed by atoms with Gasteiger partial charge in [0.05, 0.1) is 16.8 Å². The van der Waals surface area contributed by atoms with Crippen LogP contribution in [0.5, 0.6) is 11.6 Å². The van der Waals surface area contributed by atoms with E-state index < -0.39 is 23.3 Å². The Hall–Kier alpha value is -2.67. The molecule has 1 aromatic heterocycles. The fraction of sp³-hybridized carbons (Fsp3) is 0. The van der Waals surface area contributed by atoms with Gasteiger partial charge >= 0.3 is 5.97 Å². The molecule has 0 atom stereocenters. The number of hydrogen-bond donors (Lipinski definition) is 2. The zero-order valence-electron chi connectivity index (χ0n) is 10.3. The van der Waals surface area contributed by atoms with Crippen LogP contribution in [0, 0.1) is 5.82 Å². The van der Waals surface area contributed by atoms with Crippen LogP contribution in [0.1, 0.15) is 20.7 Å². The topological polar surface area (TPSA) is 103 Å². The van der Waals surface area contributed by atoms with Gasteiger partial charge in [0.15, 0.2) is 0 Å². The molecule has 108 valence electrons. The number of amides is 1. The molecule has 0 unspecified atom stereocenters. The fourth-order valence-electron chi connectivity index (χ4n) is 1.58. The standard InChI is InChI=1S/C13H8ClFN2O4/c14-7-5-17-10(4-6(7)13(19)20)21-9-3-1-2-8(15)11(9)12(16)18/h1-5H,(H2,16,18)(H,19,20). The molecular formula is C13H8ClFN2O4. The second kappa shape index (κ2) is 5.76. The molecule has 0 saturated heterocycles. The zero-order chi connectivity index (χ0) is 15.6. The number of rotatable bonds is 4. The summed E-state index contributed by atoms with van der Waals surface area (Å²) in [5, 5.41) is 8.86. The number of benzene rings is 1. The number of pyridine rings is 1. The average Bonchev–Trinajstić information content (AvgIpc) is 2.40. The van der Waals surface area contributed by atoms with Crippen molar-refractivity contribution in [1.29, 1.82) is 0 Å². The Balaban J connectivity index is 2.44. The monoisotopic (exact) mass is 310 g/mol. The Morgan fingerprint density at radius 1 is 1.38 bits per heavy atom. The van der Waals surface area contributed by atoms with Gasteiger partial charge in [0.1, 0.15) is 17.1 Å². The number of carbonyl (C=O) groups is 2. The number of carbonyl (C=O) groups excluding carboxylic acids is 1. The number of nitrogens with two attached hydrogens (primary N) is 1. The van der Waals surface area contributed by atoms with E-state index in [-0.39, 0.29) is 22.2 Å². The number of aromatic carboxylic acids is 1. The number of primary amides is 1. The van der Waals surface area contributed by atoms with Crippen molar-refractivity contribution in [3.63, 3.8) is 0 Å². The maximum absolute atomic E-state index is 13.6. The summed E-state index contributed by atoms with van der Waals surface area (Å²) in [7, 11) is 0. The van der Waals surface area contributed by atoms with Crippen LogP contribution in [0.25, 0.3) is 0 Å². The summed E-state index contributed by atoms with van der Waals surface area (Å²) in [5.74, 6) is -3.48. The van der Waals surface area contributed by atoms with Crippen LogP contribution in [-0.2, 0) is 0 Å². The third-order valence-electron chi connectivity index (χ3n) is 2.50. The maximum atomic E-state index is 13.6. The van der Waals surface area contributed by atoms with Gasteiger partial charge in [-0.25, -0.2) is 14.2 Å². The third kappa shape index (κ3) is 3.09. The van der Waals surface area contributed by atoms with Gasteiger partial charge in [-0.15, -0.1) is 0 Å². The molecule has 8 heteroatoms. The molecule has 0 spiro atoms. The van der Waals surface area contributed by atoms with Gasteiger partial charge in [-0.1, -0.05) is 17.7 Å². The number of carboxylic acids is 1. The highest BCUT2D eigenvalue weighted by molar-refractivity contribution is 6.33. The third-order valence-corrected chi connectivity index (χ3v) is 2.80. The SMILES string of the molecule is NC(=O)c1c(F)cccc1Oc1cc(C(=O)O)c(Cl)cn1. The van der Waals surface area contributed by atoms with Gasteiger partial charge in [0.2, 0.25) is 5.88 Å². The summed E-state index contributed by atoms with van der Waals surface area (Å²) in [5.41, 5.74) is 4.39. The zero-order valence-corrected chi connectivity index (χ0v) is 11.1. The predicted octanol–water partition coefficient (Wildman–Crippen LogP) is 2.46. The summed E-state index contributed by atoms with van der Waals surface area (Å²) >= 11 is 5.67. The smallest absolute Gasteiger partial charge is 0.337 e. The van der Waals surface area contributed by atoms with E-state index in [4.69, 9.17) is 27.2 Å². The van der Waals surface area contributed by atoms with Gasteiger partial charge in [-0.3, -0.25) is 4.79 Å². The first kappa shape index (κ1) is 14.7. The normalized spacial score (nSPS) is 10.2. The van der Waals surface area contributed by atoms with Crippen LogP contribution < -0.4 is 10.5 Å². The lowest BCUT2D eigenvalue weighted by atomic mass is 10.2. The summed E-state index contributed by atoms with van der Waals surface area (Å²) in [4.78, 5) is 25.9. The van der Waals surface area contributed by atoms with E-state index in [9.17, 15) is 14.0 Å². The predicted molar refractivity (Wildman–Crippen MR) is 71.2 cm³/mol. The molecule has 0 radical (unpaired) electrons. The van der Waals surface area contributed by atoms with Crippen molar-refractivity contribution in [2.45, 2.75) is 0 Å². The first-order valence-corrected chi connectivity index (χ1v) is 5.93. The minimum absolute atomic E-state index is 0.0794. The van der Waals surface area contributed by atoms with Gasteiger partial charge < -0.3 is 15.6 Å². The first-order valence-electron chi connectivity index (χ1n) is 5.55. The van der Waals surface area contributed by atoms with Crippen LogP contribution in [0.2, 0.25) is 5.02 Å². The van der Waals surface area contributed by atoms with Crippen LogP contribution in [0.4, 0.5) is 4.39 Å². The quantitative estimate of drug-likeness (QED) is 0.903. The van der Waals surface area contributed by atoms with Crippen molar-refractivity contribution in [1.82, 2.24) is 4.98 Å². The average molecular weight is 311 g/mol. The van der Waals surface area contributed by atoms with Crippen molar-refractivity contribution in [3.05, 3.63) is 52.4 Å². The molecule has 0 aliphatic rings.